The van der Waals surface area contributed by atoms with Gasteiger partial charge in [0.25, 0.3) is 0 Å². The zero-order valence-corrected chi connectivity index (χ0v) is 13.6. The predicted octanol–water partition coefficient (Wildman–Crippen LogP) is 2.07. The summed E-state index contributed by atoms with van der Waals surface area (Å²) in [7, 11) is 6.49. The highest BCUT2D eigenvalue weighted by molar-refractivity contribution is 5.92. The molecule has 1 amide bonds. The number of benzene rings is 1. The number of anilines is 1. The van der Waals surface area contributed by atoms with Crippen LogP contribution in [0, 0.1) is 0 Å². The lowest BCUT2D eigenvalue weighted by atomic mass is 10.2. The summed E-state index contributed by atoms with van der Waals surface area (Å²) in [6, 6.07) is 3.37. The molecule has 0 aliphatic rings. The van der Waals surface area contributed by atoms with Gasteiger partial charge in [0.05, 0.1) is 27.0 Å². The quantitative estimate of drug-likeness (QED) is 0.718. The van der Waals surface area contributed by atoms with E-state index >= 15 is 0 Å². The normalized spacial score (nSPS) is 9.52. The maximum absolute atomic E-state index is 11.8. The molecular weight excluding hydrogens is 296 g/mol. The fourth-order valence-corrected chi connectivity index (χ4v) is 1.77. The lowest BCUT2D eigenvalue weighted by Gasteiger charge is -2.14. The van der Waals surface area contributed by atoms with Crippen LogP contribution in [0.5, 0.6) is 17.2 Å². The molecule has 0 saturated heterocycles. The first-order chi connectivity index (χ1) is 9.65. The van der Waals surface area contributed by atoms with Crippen LogP contribution in [-0.2, 0) is 4.79 Å². The van der Waals surface area contributed by atoms with E-state index in [-0.39, 0.29) is 18.3 Å². The molecule has 0 atom stereocenters. The van der Waals surface area contributed by atoms with Gasteiger partial charge in [-0.2, -0.15) is 0 Å². The molecule has 0 aliphatic carbocycles. The zero-order valence-electron chi connectivity index (χ0n) is 12.8. The van der Waals surface area contributed by atoms with E-state index in [2.05, 4.69) is 10.6 Å². The molecule has 0 spiro atoms. The third kappa shape index (κ3) is 5.69. The average molecular weight is 319 g/mol. The van der Waals surface area contributed by atoms with Crippen molar-refractivity contribution in [3.63, 3.8) is 0 Å². The number of halogens is 1. The maximum atomic E-state index is 11.8. The highest BCUT2D eigenvalue weighted by atomic mass is 35.5. The van der Waals surface area contributed by atoms with Gasteiger partial charge in [-0.15, -0.1) is 12.4 Å². The molecule has 1 aromatic carbocycles. The van der Waals surface area contributed by atoms with E-state index in [1.54, 1.807) is 26.4 Å². The molecule has 0 saturated carbocycles. The molecule has 1 aromatic rings. The minimum atomic E-state index is -0.0641. The first-order valence-corrected chi connectivity index (χ1v) is 6.40. The van der Waals surface area contributed by atoms with Crippen molar-refractivity contribution < 1.29 is 19.0 Å². The monoisotopic (exact) mass is 318 g/mol. The zero-order chi connectivity index (χ0) is 15.0. The van der Waals surface area contributed by atoms with Gasteiger partial charge in [-0.1, -0.05) is 0 Å². The van der Waals surface area contributed by atoms with Gasteiger partial charge in [-0.05, 0) is 20.0 Å². The van der Waals surface area contributed by atoms with Gasteiger partial charge < -0.3 is 24.8 Å². The number of hydrogen-bond donors (Lipinski definition) is 2. The van der Waals surface area contributed by atoms with Crippen LogP contribution < -0.4 is 24.8 Å². The highest BCUT2D eigenvalue weighted by Crippen LogP contribution is 2.37. The Labute approximate surface area is 131 Å². The van der Waals surface area contributed by atoms with E-state index in [0.29, 0.717) is 29.4 Å². The number of hydrogen-bond acceptors (Lipinski definition) is 5. The molecule has 21 heavy (non-hydrogen) atoms. The van der Waals surface area contributed by atoms with E-state index < -0.39 is 0 Å². The smallest absolute Gasteiger partial charge is 0.224 e. The molecule has 0 heterocycles. The first-order valence-electron chi connectivity index (χ1n) is 6.40. The Hall–Kier alpha value is -1.66. The summed E-state index contributed by atoms with van der Waals surface area (Å²) >= 11 is 0. The first kappa shape index (κ1) is 19.3. The number of nitrogens with one attached hydrogen (secondary N) is 2. The van der Waals surface area contributed by atoms with Gasteiger partial charge in [0.15, 0.2) is 11.5 Å². The van der Waals surface area contributed by atoms with E-state index in [4.69, 9.17) is 14.2 Å². The van der Waals surface area contributed by atoms with Gasteiger partial charge in [0.2, 0.25) is 5.91 Å². The number of carbonyl (C=O) groups is 1. The SMILES string of the molecule is CNCCCC(=O)Nc1cc(OC)c(OC)cc1OC.Cl. The largest absolute Gasteiger partial charge is 0.494 e. The molecule has 0 radical (unpaired) electrons. The fraction of sp³-hybridized carbons (Fsp3) is 0.500. The van der Waals surface area contributed by atoms with Crippen molar-refractivity contribution in [1.82, 2.24) is 5.32 Å². The Balaban J connectivity index is 0.00000400. The molecule has 7 heteroatoms. The summed E-state index contributed by atoms with van der Waals surface area (Å²) in [5.74, 6) is 1.56. The molecule has 0 unspecified atom stereocenters. The molecular formula is C14H23ClN2O4. The highest BCUT2D eigenvalue weighted by Gasteiger charge is 2.13. The van der Waals surface area contributed by atoms with Gasteiger partial charge in [-0.25, -0.2) is 0 Å². The molecule has 0 bridgehead atoms. The van der Waals surface area contributed by atoms with Gasteiger partial charge in [0.1, 0.15) is 5.75 Å². The number of amides is 1. The summed E-state index contributed by atoms with van der Waals surface area (Å²) in [4.78, 5) is 11.8. The van der Waals surface area contributed by atoms with E-state index in [1.165, 1.54) is 7.11 Å². The minimum absolute atomic E-state index is 0. The van der Waals surface area contributed by atoms with Crippen molar-refractivity contribution in [2.24, 2.45) is 0 Å². The lowest BCUT2D eigenvalue weighted by Crippen LogP contribution is -2.15. The Morgan fingerprint density at radius 3 is 2.14 bits per heavy atom. The third-order valence-corrected chi connectivity index (χ3v) is 2.81. The second-order valence-corrected chi connectivity index (χ2v) is 4.16. The Morgan fingerprint density at radius 1 is 1.05 bits per heavy atom. The van der Waals surface area contributed by atoms with Gasteiger partial charge in [0, 0.05) is 18.6 Å². The van der Waals surface area contributed by atoms with Crippen LogP contribution in [0.4, 0.5) is 5.69 Å². The lowest BCUT2D eigenvalue weighted by molar-refractivity contribution is -0.116. The van der Waals surface area contributed by atoms with Crippen molar-refractivity contribution in [2.45, 2.75) is 12.8 Å². The Kier molecular flexibility index (Phi) is 9.32. The van der Waals surface area contributed by atoms with Crippen LogP contribution in [0.25, 0.3) is 0 Å². The van der Waals surface area contributed by atoms with E-state index in [1.807, 2.05) is 7.05 Å². The van der Waals surface area contributed by atoms with Crippen molar-refractivity contribution in [1.29, 1.82) is 0 Å². The summed E-state index contributed by atoms with van der Waals surface area (Å²) in [5, 5.41) is 5.82. The second kappa shape index (κ2) is 10.1. The maximum Gasteiger partial charge on any atom is 0.224 e. The molecule has 0 aromatic heterocycles. The molecule has 1 rings (SSSR count). The Morgan fingerprint density at radius 2 is 1.62 bits per heavy atom. The summed E-state index contributed by atoms with van der Waals surface area (Å²) in [6.07, 6.45) is 1.22. The van der Waals surface area contributed by atoms with Crippen LogP contribution in [0.15, 0.2) is 12.1 Å². The van der Waals surface area contributed by atoms with Crippen LogP contribution in [-0.4, -0.2) is 40.8 Å². The average Bonchev–Trinajstić information content (AvgIpc) is 2.47. The van der Waals surface area contributed by atoms with Crippen molar-refractivity contribution in [3.05, 3.63) is 12.1 Å². The van der Waals surface area contributed by atoms with Gasteiger partial charge >= 0.3 is 0 Å². The van der Waals surface area contributed by atoms with E-state index in [9.17, 15) is 4.79 Å². The third-order valence-electron chi connectivity index (χ3n) is 2.81. The molecule has 0 fully saturated rings. The van der Waals surface area contributed by atoms with Crippen LogP contribution >= 0.6 is 12.4 Å². The standard InChI is InChI=1S/C14H22N2O4.ClH/c1-15-7-5-6-14(17)16-10-8-12(19-3)13(20-4)9-11(10)18-2;/h8-9,15H,5-7H2,1-4H3,(H,16,17);1H. The topological polar surface area (TPSA) is 68.8 Å². The fourth-order valence-electron chi connectivity index (χ4n) is 1.77. The number of ether oxygens (including phenoxy) is 3. The number of carbonyl (C=O) groups excluding carboxylic acids is 1. The van der Waals surface area contributed by atoms with Crippen molar-refractivity contribution in [2.75, 3.05) is 40.2 Å². The van der Waals surface area contributed by atoms with E-state index in [0.717, 1.165) is 13.0 Å². The second-order valence-electron chi connectivity index (χ2n) is 4.16. The van der Waals surface area contributed by atoms with Crippen LogP contribution in [0.3, 0.4) is 0 Å². The van der Waals surface area contributed by atoms with Gasteiger partial charge in [-0.3, -0.25) is 4.79 Å². The van der Waals surface area contributed by atoms with Crippen molar-refractivity contribution in [3.8, 4) is 17.2 Å². The number of methoxy groups -OCH3 is 3. The van der Waals surface area contributed by atoms with Crippen molar-refractivity contribution >= 4 is 24.0 Å². The Bertz CT molecular complexity index is 455. The molecule has 0 aliphatic heterocycles. The molecule has 2 N–H and O–H groups in total. The summed E-state index contributed by atoms with van der Waals surface area (Å²) < 4.78 is 15.7. The molecule has 6 nitrogen and oxygen atoms in total. The van der Waals surface area contributed by atoms with Crippen LogP contribution in [0.1, 0.15) is 12.8 Å². The number of rotatable bonds is 8. The summed E-state index contributed by atoms with van der Waals surface area (Å²) in [6.45, 7) is 0.802. The summed E-state index contributed by atoms with van der Waals surface area (Å²) in [5.41, 5.74) is 0.569. The molecule has 120 valence electrons. The predicted molar refractivity (Wildman–Crippen MR) is 85.1 cm³/mol. The van der Waals surface area contributed by atoms with Crippen LogP contribution in [0.2, 0.25) is 0 Å². The minimum Gasteiger partial charge on any atom is -0.494 e.